The van der Waals surface area contributed by atoms with Crippen LogP contribution in [0.3, 0.4) is 0 Å². The van der Waals surface area contributed by atoms with Crippen LogP contribution in [-0.2, 0) is 6.61 Å². The highest BCUT2D eigenvalue weighted by atomic mass is 35.5. The average molecular weight is 308 g/mol. The molecule has 0 spiro atoms. The quantitative estimate of drug-likeness (QED) is 0.672. The fourth-order valence-corrected chi connectivity index (χ4v) is 1.98. The summed E-state index contributed by atoms with van der Waals surface area (Å²) in [7, 11) is 0. The van der Waals surface area contributed by atoms with Crippen LogP contribution < -0.4 is 4.74 Å². The van der Waals surface area contributed by atoms with E-state index >= 15 is 0 Å². The van der Waals surface area contributed by atoms with Gasteiger partial charge in [0.1, 0.15) is 12.4 Å². The first-order chi connectivity index (χ1) is 9.97. The zero-order valence-electron chi connectivity index (χ0n) is 11.3. The molecule has 0 saturated carbocycles. The average Bonchev–Trinajstić information content (AvgIpc) is 2.46. The van der Waals surface area contributed by atoms with E-state index < -0.39 is 11.0 Å². The SMILES string of the molecule is C[C@H](O)c1cc([N+](=O)[O-])ccc1OCc1ccc(Cl)cc1. The number of benzene rings is 2. The molecular weight excluding hydrogens is 294 g/mol. The molecule has 0 aliphatic carbocycles. The van der Waals surface area contributed by atoms with E-state index in [-0.39, 0.29) is 12.3 Å². The predicted octanol–water partition coefficient (Wildman–Crippen LogP) is 3.88. The summed E-state index contributed by atoms with van der Waals surface area (Å²) in [5, 5.41) is 21.1. The number of nitrogens with zero attached hydrogens (tertiary/aromatic N) is 1. The summed E-state index contributed by atoms with van der Waals surface area (Å²) in [4.78, 5) is 10.3. The van der Waals surface area contributed by atoms with Crippen LogP contribution in [0.1, 0.15) is 24.2 Å². The molecule has 2 aromatic rings. The van der Waals surface area contributed by atoms with Gasteiger partial charge in [-0.05, 0) is 30.7 Å². The molecule has 0 aromatic heterocycles. The maximum atomic E-state index is 10.8. The van der Waals surface area contributed by atoms with Gasteiger partial charge in [-0.25, -0.2) is 0 Å². The topological polar surface area (TPSA) is 72.6 Å². The van der Waals surface area contributed by atoms with E-state index in [1.165, 1.54) is 25.1 Å². The van der Waals surface area contributed by atoms with Gasteiger partial charge in [-0.2, -0.15) is 0 Å². The summed E-state index contributed by atoms with van der Waals surface area (Å²) in [5.74, 6) is 0.422. The van der Waals surface area contributed by atoms with E-state index in [0.29, 0.717) is 16.3 Å². The number of nitro benzene ring substituents is 1. The Morgan fingerprint density at radius 2 is 1.95 bits per heavy atom. The molecule has 5 nitrogen and oxygen atoms in total. The highest BCUT2D eigenvalue weighted by Crippen LogP contribution is 2.30. The lowest BCUT2D eigenvalue weighted by atomic mass is 10.1. The Kier molecular flexibility index (Phi) is 4.77. The van der Waals surface area contributed by atoms with Crippen LogP contribution in [0.25, 0.3) is 0 Å². The molecule has 1 atom stereocenters. The van der Waals surface area contributed by atoms with Crippen molar-refractivity contribution in [2.75, 3.05) is 0 Å². The first kappa shape index (κ1) is 15.3. The lowest BCUT2D eigenvalue weighted by Crippen LogP contribution is -2.02. The number of rotatable bonds is 5. The van der Waals surface area contributed by atoms with Gasteiger partial charge < -0.3 is 9.84 Å². The number of aliphatic hydroxyl groups is 1. The highest BCUT2D eigenvalue weighted by molar-refractivity contribution is 6.30. The first-order valence-corrected chi connectivity index (χ1v) is 6.69. The maximum absolute atomic E-state index is 10.8. The van der Waals surface area contributed by atoms with Crippen LogP contribution in [0, 0.1) is 10.1 Å². The van der Waals surface area contributed by atoms with Crippen LogP contribution in [0.4, 0.5) is 5.69 Å². The summed E-state index contributed by atoms with van der Waals surface area (Å²) in [5.41, 5.74) is 1.22. The van der Waals surface area contributed by atoms with Gasteiger partial charge >= 0.3 is 0 Å². The molecule has 0 amide bonds. The fourth-order valence-electron chi connectivity index (χ4n) is 1.85. The lowest BCUT2D eigenvalue weighted by molar-refractivity contribution is -0.385. The monoisotopic (exact) mass is 307 g/mol. The first-order valence-electron chi connectivity index (χ1n) is 6.31. The van der Waals surface area contributed by atoms with Crippen LogP contribution in [-0.4, -0.2) is 10.0 Å². The van der Waals surface area contributed by atoms with Crippen molar-refractivity contribution >= 4 is 17.3 Å². The fraction of sp³-hybridized carbons (Fsp3) is 0.200. The van der Waals surface area contributed by atoms with E-state index in [0.717, 1.165) is 5.56 Å². The third-order valence-corrected chi connectivity index (χ3v) is 3.21. The third-order valence-electron chi connectivity index (χ3n) is 2.96. The van der Waals surface area contributed by atoms with E-state index in [9.17, 15) is 15.2 Å². The summed E-state index contributed by atoms with van der Waals surface area (Å²) < 4.78 is 5.63. The van der Waals surface area contributed by atoms with Crippen molar-refractivity contribution in [3.8, 4) is 5.75 Å². The predicted molar refractivity (Wildman–Crippen MR) is 79.5 cm³/mol. The summed E-state index contributed by atoms with van der Waals surface area (Å²) >= 11 is 5.80. The van der Waals surface area contributed by atoms with E-state index in [1.807, 2.05) is 12.1 Å². The van der Waals surface area contributed by atoms with E-state index in [1.54, 1.807) is 12.1 Å². The molecular formula is C15H14ClNO4. The molecule has 2 aromatic carbocycles. The van der Waals surface area contributed by atoms with E-state index in [2.05, 4.69) is 0 Å². The van der Waals surface area contributed by atoms with Crippen molar-refractivity contribution in [3.63, 3.8) is 0 Å². The Bertz CT molecular complexity index is 641. The molecule has 1 N–H and O–H groups in total. The largest absolute Gasteiger partial charge is 0.489 e. The number of hydrogen-bond donors (Lipinski definition) is 1. The van der Waals surface area contributed by atoms with Crippen LogP contribution in [0.5, 0.6) is 5.75 Å². The van der Waals surface area contributed by atoms with Crippen molar-refractivity contribution in [2.24, 2.45) is 0 Å². The number of aliphatic hydroxyl groups excluding tert-OH is 1. The molecule has 0 bridgehead atoms. The summed E-state index contributed by atoms with van der Waals surface area (Å²) in [6, 6.07) is 11.3. The Morgan fingerprint density at radius 3 is 2.52 bits per heavy atom. The molecule has 0 saturated heterocycles. The number of hydrogen-bond acceptors (Lipinski definition) is 4. The molecule has 0 fully saturated rings. The van der Waals surface area contributed by atoms with Gasteiger partial charge in [-0.3, -0.25) is 10.1 Å². The number of ether oxygens (including phenoxy) is 1. The van der Waals surface area contributed by atoms with Crippen molar-refractivity contribution in [1.29, 1.82) is 0 Å². The Morgan fingerprint density at radius 1 is 1.29 bits per heavy atom. The van der Waals surface area contributed by atoms with Crippen molar-refractivity contribution in [2.45, 2.75) is 19.6 Å². The van der Waals surface area contributed by atoms with Gasteiger partial charge in [0.2, 0.25) is 0 Å². The van der Waals surface area contributed by atoms with Crippen molar-refractivity contribution < 1.29 is 14.8 Å². The highest BCUT2D eigenvalue weighted by Gasteiger charge is 2.15. The molecule has 0 aliphatic heterocycles. The molecule has 110 valence electrons. The minimum Gasteiger partial charge on any atom is -0.489 e. The third kappa shape index (κ3) is 3.93. The number of halogens is 1. The molecule has 0 unspecified atom stereocenters. The van der Waals surface area contributed by atoms with Crippen molar-refractivity contribution in [3.05, 3.63) is 68.7 Å². The minimum absolute atomic E-state index is 0.0789. The molecule has 6 heteroatoms. The van der Waals surface area contributed by atoms with Crippen molar-refractivity contribution in [1.82, 2.24) is 0 Å². The summed E-state index contributed by atoms with van der Waals surface area (Å²) in [6.07, 6.45) is -0.856. The van der Waals surface area contributed by atoms with Gasteiger partial charge in [0.05, 0.1) is 11.0 Å². The zero-order valence-corrected chi connectivity index (χ0v) is 12.1. The van der Waals surface area contributed by atoms with Gasteiger partial charge in [-0.15, -0.1) is 0 Å². The Hall–Kier alpha value is -2.11. The lowest BCUT2D eigenvalue weighted by Gasteiger charge is -2.13. The molecule has 0 heterocycles. The maximum Gasteiger partial charge on any atom is 0.270 e. The van der Waals surface area contributed by atoms with Crippen LogP contribution in [0.2, 0.25) is 5.02 Å². The number of nitro groups is 1. The Labute approximate surface area is 126 Å². The molecule has 0 radical (unpaired) electrons. The van der Waals surface area contributed by atoms with Crippen LogP contribution >= 0.6 is 11.6 Å². The standard InChI is InChI=1S/C15H14ClNO4/c1-10(18)14-8-13(17(19)20)6-7-15(14)21-9-11-2-4-12(16)5-3-11/h2-8,10,18H,9H2,1H3/t10-/m0/s1. The van der Waals surface area contributed by atoms with Gasteiger partial charge in [0, 0.05) is 22.7 Å². The van der Waals surface area contributed by atoms with Gasteiger partial charge in [0.25, 0.3) is 5.69 Å². The second-order valence-electron chi connectivity index (χ2n) is 4.57. The minimum atomic E-state index is -0.856. The second kappa shape index (κ2) is 6.56. The number of non-ortho nitro benzene ring substituents is 1. The molecule has 2 rings (SSSR count). The van der Waals surface area contributed by atoms with Gasteiger partial charge in [0.15, 0.2) is 0 Å². The van der Waals surface area contributed by atoms with Crippen LogP contribution in [0.15, 0.2) is 42.5 Å². The zero-order chi connectivity index (χ0) is 15.4. The van der Waals surface area contributed by atoms with Gasteiger partial charge in [-0.1, -0.05) is 23.7 Å². The normalized spacial score (nSPS) is 12.0. The van der Waals surface area contributed by atoms with E-state index in [4.69, 9.17) is 16.3 Å². The smallest absolute Gasteiger partial charge is 0.270 e. The second-order valence-corrected chi connectivity index (χ2v) is 5.01. The molecule has 21 heavy (non-hydrogen) atoms. The molecule has 0 aliphatic rings. The Balaban J connectivity index is 2.19. The summed E-state index contributed by atoms with van der Waals surface area (Å²) in [6.45, 7) is 1.82.